The summed E-state index contributed by atoms with van der Waals surface area (Å²) in [5.74, 6) is 0. The van der Waals surface area contributed by atoms with Gasteiger partial charge in [0.25, 0.3) is 0 Å². The topological polar surface area (TPSA) is 52.5 Å². The van der Waals surface area contributed by atoms with Crippen LogP contribution in [-0.2, 0) is 0 Å². The molecule has 3 heteroatoms. The van der Waals surface area contributed by atoms with Gasteiger partial charge in [0.1, 0.15) is 0 Å². The highest BCUT2D eigenvalue weighted by molar-refractivity contribution is 5.23. The van der Waals surface area contributed by atoms with Crippen LogP contribution in [0.15, 0.2) is 24.3 Å². The first-order chi connectivity index (χ1) is 7.13. The monoisotopic (exact) mass is 209 g/mol. The Morgan fingerprint density at radius 1 is 1.27 bits per heavy atom. The molecule has 1 aromatic rings. The molecule has 0 bridgehead atoms. The second-order valence-corrected chi connectivity index (χ2v) is 3.88. The molecule has 3 N–H and O–H groups in total. The Hall–Kier alpha value is -0.900. The van der Waals surface area contributed by atoms with Crippen molar-refractivity contribution in [1.29, 1.82) is 0 Å². The summed E-state index contributed by atoms with van der Waals surface area (Å²) < 4.78 is 0. The molecular formula is C12H19NO2. The van der Waals surface area contributed by atoms with Crippen LogP contribution in [0.25, 0.3) is 0 Å². The first kappa shape index (κ1) is 12.2. The second kappa shape index (κ2) is 5.85. The molecule has 0 heterocycles. The van der Waals surface area contributed by atoms with Gasteiger partial charge >= 0.3 is 0 Å². The summed E-state index contributed by atoms with van der Waals surface area (Å²) in [6.45, 7) is 4.30. The van der Waals surface area contributed by atoms with Crippen LogP contribution in [-0.4, -0.2) is 29.5 Å². The van der Waals surface area contributed by atoms with Crippen molar-refractivity contribution in [1.82, 2.24) is 5.32 Å². The average Bonchev–Trinajstić information content (AvgIpc) is 2.26. The lowest BCUT2D eigenvalue weighted by Crippen LogP contribution is -2.31. The van der Waals surface area contributed by atoms with Crippen LogP contribution in [0.3, 0.4) is 0 Å². The number of aliphatic hydroxyl groups is 2. The molecule has 1 rings (SSSR count). The van der Waals surface area contributed by atoms with Crippen LogP contribution in [0.4, 0.5) is 0 Å². The Balaban J connectivity index is 2.46. The van der Waals surface area contributed by atoms with Crippen molar-refractivity contribution in [2.45, 2.75) is 26.0 Å². The van der Waals surface area contributed by atoms with E-state index in [2.05, 4.69) is 36.5 Å². The van der Waals surface area contributed by atoms with Crippen LogP contribution >= 0.6 is 0 Å². The molecule has 0 amide bonds. The van der Waals surface area contributed by atoms with E-state index >= 15 is 0 Å². The number of benzene rings is 1. The zero-order valence-electron chi connectivity index (χ0n) is 9.27. The Kier molecular flexibility index (Phi) is 4.75. The van der Waals surface area contributed by atoms with Gasteiger partial charge in [-0.3, -0.25) is 0 Å². The third-order valence-corrected chi connectivity index (χ3v) is 2.45. The summed E-state index contributed by atoms with van der Waals surface area (Å²) in [5.41, 5.74) is 2.42. The number of aryl methyl sites for hydroxylation is 1. The van der Waals surface area contributed by atoms with Crippen LogP contribution < -0.4 is 5.32 Å². The summed E-state index contributed by atoms with van der Waals surface area (Å²) in [5, 5.41) is 21.0. The molecule has 2 atom stereocenters. The molecule has 0 fully saturated rings. The molecule has 15 heavy (non-hydrogen) atoms. The highest BCUT2D eigenvalue weighted by Crippen LogP contribution is 2.12. The van der Waals surface area contributed by atoms with Crippen LogP contribution in [0, 0.1) is 6.92 Å². The highest BCUT2D eigenvalue weighted by atomic mass is 16.3. The minimum absolute atomic E-state index is 0.187. The summed E-state index contributed by atoms with van der Waals surface area (Å²) >= 11 is 0. The van der Waals surface area contributed by atoms with Gasteiger partial charge in [0.05, 0.1) is 12.7 Å². The molecule has 0 unspecified atom stereocenters. The van der Waals surface area contributed by atoms with E-state index in [4.69, 9.17) is 5.11 Å². The largest absolute Gasteiger partial charge is 0.394 e. The Morgan fingerprint density at radius 2 is 1.87 bits per heavy atom. The van der Waals surface area contributed by atoms with Gasteiger partial charge in [-0.2, -0.15) is 0 Å². The summed E-state index contributed by atoms with van der Waals surface area (Å²) in [6.07, 6.45) is -0.683. The minimum Gasteiger partial charge on any atom is -0.394 e. The normalized spacial score (nSPS) is 14.9. The first-order valence-corrected chi connectivity index (χ1v) is 5.22. The van der Waals surface area contributed by atoms with Crippen LogP contribution in [0.2, 0.25) is 0 Å². The fourth-order valence-electron chi connectivity index (χ4n) is 1.35. The van der Waals surface area contributed by atoms with Crippen LogP contribution in [0.5, 0.6) is 0 Å². The molecule has 0 saturated heterocycles. The standard InChI is InChI=1S/C12H19NO2/c1-9-3-5-11(6-4-9)10(2)13-7-12(15)8-14/h3-6,10,12-15H,7-8H2,1-2H3/t10-,12-/m0/s1. The van der Waals surface area contributed by atoms with E-state index in [0.717, 1.165) is 0 Å². The maximum absolute atomic E-state index is 9.19. The zero-order chi connectivity index (χ0) is 11.3. The predicted octanol–water partition coefficient (Wildman–Crippen LogP) is 0.999. The fraction of sp³-hybridized carbons (Fsp3) is 0.500. The van der Waals surface area contributed by atoms with Gasteiger partial charge in [0.2, 0.25) is 0 Å². The molecule has 0 aliphatic carbocycles. The maximum atomic E-state index is 9.19. The fourth-order valence-corrected chi connectivity index (χ4v) is 1.35. The van der Waals surface area contributed by atoms with E-state index in [1.54, 1.807) is 0 Å². The van der Waals surface area contributed by atoms with Crippen molar-refractivity contribution in [3.05, 3.63) is 35.4 Å². The molecule has 1 aromatic carbocycles. The van der Waals surface area contributed by atoms with E-state index in [9.17, 15) is 5.11 Å². The van der Waals surface area contributed by atoms with E-state index in [1.807, 2.05) is 6.92 Å². The average molecular weight is 209 g/mol. The smallest absolute Gasteiger partial charge is 0.0895 e. The Labute approximate surface area is 90.8 Å². The summed E-state index contributed by atoms with van der Waals surface area (Å²) in [7, 11) is 0. The number of aliphatic hydroxyl groups excluding tert-OH is 2. The van der Waals surface area contributed by atoms with Crippen molar-refractivity contribution < 1.29 is 10.2 Å². The molecule has 84 valence electrons. The lowest BCUT2D eigenvalue weighted by molar-refractivity contribution is 0.0924. The molecule has 0 saturated carbocycles. The van der Waals surface area contributed by atoms with Gasteiger partial charge in [-0.05, 0) is 19.4 Å². The molecular weight excluding hydrogens is 190 g/mol. The third kappa shape index (κ3) is 4.00. The van der Waals surface area contributed by atoms with E-state index in [1.165, 1.54) is 11.1 Å². The summed E-state index contributed by atoms with van der Waals surface area (Å²) in [4.78, 5) is 0. The predicted molar refractivity (Wildman–Crippen MR) is 60.7 cm³/mol. The molecule has 0 spiro atoms. The minimum atomic E-state index is -0.683. The number of hydrogen-bond donors (Lipinski definition) is 3. The zero-order valence-corrected chi connectivity index (χ0v) is 9.27. The van der Waals surface area contributed by atoms with Gasteiger partial charge in [-0.15, -0.1) is 0 Å². The maximum Gasteiger partial charge on any atom is 0.0895 e. The highest BCUT2D eigenvalue weighted by Gasteiger charge is 2.07. The SMILES string of the molecule is Cc1ccc([C@H](C)NC[C@H](O)CO)cc1. The second-order valence-electron chi connectivity index (χ2n) is 3.88. The number of hydrogen-bond acceptors (Lipinski definition) is 3. The van der Waals surface area contributed by atoms with Gasteiger partial charge in [-0.25, -0.2) is 0 Å². The third-order valence-electron chi connectivity index (χ3n) is 2.45. The van der Waals surface area contributed by atoms with E-state index in [0.29, 0.717) is 6.54 Å². The van der Waals surface area contributed by atoms with Crippen molar-refractivity contribution in [2.24, 2.45) is 0 Å². The quantitative estimate of drug-likeness (QED) is 0.678. The van der Waals surface area contributed by atoms with Gasteiger partial charge in [0.15, 0.2) is 0 Å². The van der Waals surface area contributed by atoms with Crippen molar-refractivity contribution >= 4 is 0 Å². The van der Waals surface area contributed by atoms with Gasteiger partial charge in [0, 0.05) is 12.6 Å². The van der Waals surface area contributed by atoms with Gasteiger partial charge in [-0.1, -0.05) is 29.8 Å². The molecule has 0 radical (unpaired) electrons. The summed E-state index contributed by atoms with van der Waals surface area (Å²) in [6, 6.07) is 8.45. The van der Waals surface area contributed by atoms with E-state index < -0.39 is 6.10 Å². The number of rotatable bonds is 5. The molecule has 0 aliphatic rings. The lowest BCUT2D eigenvalue weighted by Gasteiger charge is -2.16. The van der Waals surface area contributed by atoms with Gasteiger partial charge < -0.3 is 15.5 Å². The number of nitrogens with one attached hydrogen (secondary N) is 1. The molecule has 3 nitrogen and oxygen atoms in total. The first-order valence-electron chi connectivity index (χ1n) is 5.22. The van der Waals surface area contributed by atoms with Crippen molar-refractivity contribution in [2.75, 3.05) is 13.2 Å². The Bertz CT molecular complexity index is 284. The van der Waals surface area contributed by atoms with Crippen molar-refractivity contribution in [3.8, 4) is 0 Å². The molecule has 0 aliphatic heterocycles. The lowest BCUT2D eigenvalue weighted by atomic mass is 10.1. The van der Waals surface area contributed by atoms with Crippen molar-refractivity contribution in [3.63, 3.8) is 0 Å². The van der Waals surface area contributed by atoms with E-state index in [-0.39, 0.29) is 12.6 Å². The molecule has 0 aromatic heterocycles. The Morgan fingerprint density at radius 3 is 2.40 bits per heavy atom. The van der Waals surface area contributed by atoms with Crippen LogP contribution in [0.1, 0.15) is 24.1 Å².